The maximum atomic E-state index is 11.8. The predicted octanol–water partition coefficient (Wildman–Crippen LogP) is 4.62. The van der Waals surface area contributed by atoms with Gasteiger partial charge in [-0.3, -0.25) is 0 Å². The predicted molar refractivity (Wildman–Crippen MR) is 99.1 cm³/mol. The Labute approximate surface area is 152 Å². The summed E-state index contributed by atoms with van der Waals surface area (Å²) in [7, 11) is 0. The highest BCUT2D eigenvalue weighted by molar-refractivity contribution is 5.87. The zero-order valence-corrected chi connectivity index (χ0v) is 14.8. The number of esters is 1. The number of ether oxygens (including phenoxy) is 1. The molecule has 0 aliphatic heterocycles. The first-order valence-corrected chi connectivity index (χ1v) is 8.44. The molecule has 0 radical (unpaired) electrons. The number of nitrogens with zero attached hydrogens (tertiary/aromatic N) is 2. The monoisotopic (exact) mass is 348 g/mol. The Hall–Kier alpha value is -3.21. The molecule has 5 nitrogen and oxygen atoms in total. The number of carbonyl (C=O) groups is 1. The Morgan fingerprint density at radius 3 is 2.50 bits per heavy atom. The lowest BCUT2D eigenvalue weighted by Gasteiger charge is -2.04. The van der Waals surface area contributed by atoms with E-state index in [-0.39, 0.29) is 12.5 Å². The summed E-state index contributed by atoms with van der Waals surface area (Å²) in [5, 5.41) is 7.85. The van der Waals surface area contributed by atoms with Crippen LogP contribution in [0.1, 0.15) is 36.8 Å². The summed E-state index contributed by atoms with van der Waals surface area (Å²) in [6.07, 6.45) is 3.11. The molecule has 1 heterocycles. The smallest absolute Gasteiger partial charge is 0.331 e. The molecular weight excluding hydrogens is 328 g/mol. The quantitative estimate of drug-likeness (QED) is 0.480. The van der Waals surface area contributed by atoms with Crippen molar-refractivity contribution in [2.24, 2.45) is 0 Å². The molecule has 5 heteroatoms. The highest BCUT2D eigenvalue weighted by atomic mass is 16.5. The third-order valence-corrected chi connectivity index (χ3v) is 3.84. The van der Waals surface area contributed by atoms with Crippen LogP contribution in [0.3, 0.4) is 0 Å². The van der Waals surface area contributed by atoms with E-state index in [1.807, 2.05) is 42.5 Å². The van der Waals surface area contributed by atoms with Gasteiger partial charge in [0, 0.05) is 11.6 Å². The second kappa shape index (κ2) is 8.25. The van der Waals surface area contributed by atoms with Crippen molar-refractivity contribution >= 4 is 12.0 Å². The minimum Gasteiger partial charge on any atom is -0.452 e. The van der Waals surface area contributed by atoms with Crippen molar-refractivity contribution in [3.05, 3.63) is 77.7 Å². The fourth-order valence-electron chi connectivity index (χ4n) is 2.35. The molecule has 3 rings (SSSR count). The van der Waals surface area contributed by atoms with Crippen molar-refractivity contribution in [1.29, 1.82) is 0 Å². The largest absolute Gasteiger partial charge is 0.452 e. The zero-order chi connectivity index (χ0) is 18.4. The van der Waals surface area contributed by atoms with E-state index in [1.54, 1.807) is 6.08 Å². The van der Waals surface area contributed by atoms with Gasteiger partial charge >= 0.3 is 5.97 Å². The van der Waals surface area contributed by atoms with Gasteiger partial charge in [-0.1, -0.05) is 56.3 Å². The third-order valence-electron chi connectivity index (χ3n) is 3.84. The normalized spacial score (nSPS) is 11.2. The summed E-state index contributed by atoms with van der Waals surface area (Å²) in [5.74, 6) is 0.676. The molecule has 2 aromatic carbocycles. The molecule has 0 unspecified atom stereocenters. The van der Waals surface area contributed by atoms with Crippen LogP contribution in [0.4, 0.5) is 0 Å². The van der Waals surface area contributed by atoms with Gasteiger partial charge in [-0.25, -0.2) is 4.79 Å². The zero-order valence-electron chi connectivity index (χ0n) is 14.8. The number of hydrogen-bond donors (Lipinski definition) is 0. The highest BCUT2D eigenvalue weighted by Crippen LogP contribution is 2.17. The molecular formula is C21H20N2O3. The van der Waals surface area contributed by atoms with Crippen LogP contribution in [-0.2, 0) is 16.1 Å². The van der Waals surface area contributed by atoms with Gasteiger partial charge in [0.05, 0.1) is 0 Å². The fraction of sp³-hybridized carbons (Fsp3) is 0.190. The summed E-state index contributed by atoms with van der Waals surface area (Å²) in [6, 6.07) is 17.5. The Bertz CT molecular complexity index is 881. The van der Waals surface area contributed by atoms with Crippen molar-refractivity contribution in [3.63, 3.8) is 0 Å². The van der Waals surface area contributed by atoms with E-state index in [4.69, 9.17) is 9.15 Å². The van der Waals surface area contributed by atoms with Gasteiger partial charge in [0.25, 0.3) is 5.89 Å². The summed E-state index contributed by atoms with van der Waals surface area (Å²) in [5.41, 5.74) is 3.02. The van der Waals surface area contributed by atoms with Crippen molar-refractivity contribution in [3.8, 4) is 11.5 Å². The molecule has 0 saturated heterocycles. The summed E-state index contributed by atoms with van der Waals surface area (Å²) in [6.45, 7) is 4.22. The molecule has 0 bridgehead atoms. The van der Waals surface area contributed by atoms with E-state index in [2.05, 4.69) is 36.2 Å². The Kier molecular flexibility index (Phi) is 5.59. The molecule has 0 atom stereocenters. The topological polar surface area (TPSA) is 65.2 Å². The highest BCUT2D eigenvalue weighted by Gasteiger charge is 2.09. The number of carbonyl (C=O) groups excluding carboxylic acids is 1. The number of benzene rings is 2. The van der Waals surface area contributed by atoms with Gasteiger partial charge in [-0.15, -0.1) is 10.2 Å². The Morgan fingerprint density at radius 1 is 1.08 bits per heavy atom. The van der Waals surface area contributed by atoms with Gasteiger partial charge in [-0.05, 0) is 35.3 Å². The van der Waals surface area contributed by atoms with Gasteiger partial charge in [0.2, 0.25) is 5.89 Å². The molecule has 26 heavy (non-hydrogen) atoms. The second-order valence-corrected chi connectivity index (χ2v) is 6.13. The lowest BCUT2D eigenvalue weighted by molar-refractivity contribution is -0.139. The maximum Gasteiger partial charge on any atom is 0.331 e. The average Bonchev–Trinajstić information content (AvgIpc) is 3.15. The van der Waals surface area contributed by atoms with E-state index in [9.17, 15) is 4.79 Å². The lowest BCUT2D eigenvalue weighted by atomic mass is 10.0. The third kappa shape index (κ3) is 4.66. The molecule has 0 N–H and O–H groups in total. The van der Waals surface area contributed by atoms with Gasteiger partial charge < -0.3 is 9.15 Å². The van der Waals surface area contributed by atoms with Crippen LogP contribution in [0.15, 0.2) is 65.1 Å². The number of hydrogen-bond acceptors (Lipinski definition) is 5. The van der Waals surface area contributed by atoms with E-state index in [0.29, 0.717) is 11.8 Å². The van der Waals surface area contributed by atoms with Gasteiger partial charge in [0.1, 0.15) is 0 Å². The molecule has 0 amide bonds. The van der Waals surface area contributed by atoms with Crippen LogP contribution in [0.2, 0.25) is 0 Å². The van der Waals surface area contributed by atoms with Crippen LogP contribution in [-0.4, -0.2) is 16.2 Å². The minimum atomic E-state index is -0.461. The van der Waals surface area contributed by atoms with Crippen LogP contribution in [0.5, 0.6) is 0 Å². The molecule has 0 saturated carbocycles. The second-order valence-electron chi connectivity index (χ2n) is 6.13. The molecule has 1 aromatic heterocycles. The van der Waals surface area contributed by atoms with Crippen LogP contribution in [0, 0.1) is 0 Å². The Balaban J connectivity index is 1.53. The standard InChI is InChI=1S/C21H20N2O3/c1-15(2)17-11-8-16(9-12-17)10-13-20(24)25-14-19-22-23-21(26-19)18-6-4-3-5-7-18/h3-13,15H,14H2,1-2H3/b13-10+. The fourth-order valence-corrected chi connectivity index (χ4v) is 2.35. The summed E-state index contributed by atoms with van der Waals surface area (Å²) in [4.78, 5) is 11.8. The SMILES string of the molecule is CC(C)c1ccc(/C=C/C(=O)OCc2nnc(-c3ccccc3)o2)cc1. The van der Waals surface area contributed by atoms with E-state index in [0.717, 1.165) is 11.1 Å². The minimum absolute atomic E-state index is 0.0602. The van der Waals surface area contributed by atoms with Gasteiger partial charge in [0.15, 0.2) is 6.61 Å². The van der Waals surface area contributed by atoms with Crippen molar-refractivity contribution in [1.82, 2.24) is 10.2 Å². The van der Waals surface area contributed by atoms with Crippen molar-refractivity contribution in [2.45, 2.75) is 26.4 Å². The average molecular weight is 348 g/mol. The summed E-state index contributed by atoms with van der Waals surface area (Å²) < 4.78 is 10.6. The number of rotatable bonds is 6. The molecule has 0 aliphatic rings. The summed E-state index contributed by atoms with van der Waals surface area (Å²) >= 11 is 0. The first kappa shape index (κ1) is 17.6. The van der Waals surface area contributed by atoms with Crippen LogP contribution < -0.4 is 0 Å². The first-order chi connectivity index (χ1) is 12.6. The van der Waals surface area contributed by atoms with E-state index >= 15 is 0 Å². The maximum absolute atomic E-state index is 11.8. The van der Waals surface area contributed by atoms with Crippen LogP contribution >= 0.6 is 0 Å². The van der Waals surface area contributed by atoms with E-state index in [1.165, 1.54) is 11.6 Å². The first-order valence-electron chi connectivity index (χ1n) is 8.44. The van der Waals surface area contributed by atoms with Crippen molar-refractivity contribution < 1.29 is 13.9 Å². The molecule has 132 valence electrons. The Morgan fingerprint density at radius 2 is 1.81 bits per heavy atom. The van der Waals surface area contributed by atoms with Crippen LogP contribution in [0.25, 0.3) is 17.5 Å². The number of aromatic nitrogens is 2. The molecule has 0 spiro atoms. The molecule has 0 aliphatic carbocycles. The van der Waals surface area contributed by atoms with Gasteiger partial charge in [-0.2, -0.15) is 0 Å². The molecule has 3 aromatic rings. The van der Waals surface area contributed by atoms with E-state index < -0.39 is 5.97 Å². The van der Waals surface area contributed by atoms with Crippen molar-refractivity contribution in [2.75, 3.05) is 0 Å². The lowest BCUT2D eigenvalue weighted by Crippen LogP contribution is -2.00. The molecule has 0 fully saturated rings.